The van der Waals surface area contributed by atoms with Crippen LogP contribution in [0.25, 0.3) is 22.3 Å². The molecule has 4 aromatic rings. The van der Waals surface area contributed by atoms with E-state index in [1.165, 1.54) is 18.4 Å². The second-order valence-electron chi connectivity index (χ2n) is 7.79. The molecule has 2 aromatic heterocycles. The van der Waals surface area contributed by atoms with Gasteiger partial charge in [0.25, 0.3) is 0 Å². The quantitative estimate of drug-likeness (QED) is 0.497. The first-order valence-electron chi connectivity index (χ1n) is 10.7. The largest absolute Gasteiger partial charge is 0.368 e. The summed E-state index contributed by atoms with van der Waals surface area (Å²) >= 11 is 0. The fourth-order valence-corrected chi connectivity index (χ4v) is 4.17. The molecular formula is C24H25N7. The topological polar surface area (TPSA) is 92.8 Å². The van der Waals surface area contributed by atoms with E-state index in [0.717, 1.165) is 41.9 Å². The van der Waals surface area contributed by atoms with Gasteiger partial charge in [0.2, 0.25) is 5.95 Å². The van der Waals surface area contributed by atoms with Gasteiger partial charge in [-0.2, -0.15) is 0 Å². The molecule has 1 atom stereocenters. The van der Waals surface area contributed by atoms with Crippen molar-refractivity contribution >= 4 is 22.7 Å². The Hall–Kier alpha value is -3.58. The lowest BCUT2D eigenvalue weighted by molar-refractivity contribution is 0.256. The number of nitrogens with one attached hydrogen (secondary N) is 1. The standard InChI is InChI=1S/C24H25N7/c25-24-27-14-18(15-28-24)22-29-20-11-5-4-10-19(20)23(30-22)26-16-21(31-12-6-7-13-31)17-8-2-1-3-9-17/h1-5,8-11,14-15,21H,6-7,12-13,16H2,(H2,25,27,28)(H,26,29,30). The van der Waals surface area contributed by atoms with E-state index in [1.807, 2.05) is 24.3 Å². The maximum Gasteiger partial charge on any atom is 0.219 e. The van der Waals surface area contributed by atoms with Gasteiger partial charge in [-0.05, 0) is 43.6 Å². The van der Waals surface area contributed by atoms with Gasteiger partial charge < -0.3 is 11.1 Å². The Morgan fingerprint density at radius 1 is 0.903 bits per heavy atom. The van der Waals surface area contributed by atoms with Crippen LogP contribution in [0, 0.1) is 0 Å². The summed E-state index contributed by atoms with van der Waals surface area (Å²) < 4.78 is 0. The number of nitrogens with two attached hydrogens (primary N) is 1. The van der Waals surface area contributed by atoms with Gasteiger partial charge in [-0.3, -0.25) is 4.90 Å². The minimum absolute atomic E-state index is 0.235. The molecule has 3 heterocycles. The molecule has 1 aliphatic heterocycles. The highest BCUT2D eigenvalue weighted by atomic mass is 15.2. The summed E-state index contributed by atoms with van der Waals surface area (Å²) in [7, 11) is 0. The van der Waals surface area contributed by atoms with Gasteiger partial charge in [-0.1, -0.05) is 42.5 Å². The zero-order valence-electron chi connectivity index (χ0n) is 17.3. The van der Waals surface area contributed by atoms with Crippen molar-refractivity contribution in [3.05, 3.63) is 72.6 Å². The number of hydrogen-bond donors (Lipinski definition) is 2. The smallest absolute Gasteiger partial charge is 0.219 e. The number of anilines is 2. The third kappa shape index (κ3) is 4.18. The van der Waals surface area contributed by atoms with Gasteiger partial charge in [0.05, 0.1) is 17.1 Å². The fraction of sp³-hybridized carbons (Fsp3) is 0.250. The third-order valence-corrected chi connectivity index (χ3v) is 5.76. The van der Waals surface area contributed by atoms with Crippen molar-refractivity contribution in [1.29, 1.82) is 0 Å². The average molecular weight is 412 g/mol. The summed E-state index contributed by atoms with van der Waals surface area (Å²) in [5.74, 6) is 1.63. The number of nitrogen functional groups attached to an aromatic ring is 1. The number of likely N-dealkylation sites (tertiary alicyclic amines) is 1. The van der Waals surface area contributed by atoms with Gasteiger partial charge in [0.1, 0.15) is 5.82 Å². The van der Waals surface area contributed by atoms with Crippen LogP contribution in [0.15, 0.2) is 67.0 Å². The summed E-state index contributed by atoms with van der Waals surface area (Å²) in [6.45, 7) is 3.02. The maximum atomic E-state index is 5.64. The van der Waals surface area contributed by atoms with Crippen LogP contribution in [-0.4, -0.2) is 44.5 Å². The van der Waals surface area contributed by atoms with Crippen LogP contribution in [0.3, 0.4) is 0 Å². The molecule has 7 nitrogen and oxygen atoms in total. The van der Waals surface area contributed by atoms with Crippen LogP contribution in [0.4, 0.5) is 11.8 Å². The minimum Gasteiger partial charge on any atom is -0.368 e. The van der Waals surface area contributed by atoms with Crippen molar-refractivity contribution in [2.24, 2.45) is 0 Å². The maximum absolute atomic E-state index is 5.64. The fourth-order valence-electron chi connectivity index (χ4n) is 4.17. The zero-order chi connectivity index (χ0) is 21.0. The monoisotopic (exact) mass is 411 g/mol. The molecule has 0 bridgehead atoms. The first kappa shape index (κ1) is 19.4. The van der Waals surface area contributed by atoms with E-state index >= 15 is 0 Å². The highest BCUT2D eigenvalue weighted by molar-refractivity contribution is 5.90. The number of rotatable bonds is 6. The Morgan fingerprint density at radius 2 is 1.61 bits per heavy atom. The third-order valence-electron chi connectivity index (χ3n) is 5.76. The Kier molecular flexibility index (Phi) is 5.41. The van der Waals surface area contributed by atoms with E-state index < -0.39 is 0 Å². The predicted molar refractivity (Wildman–Crippen MR) is 123 cm³/mol. The van der Waals surface area contributed by atoms with Crippen LogP contribution >= 0.6 is 0 Å². The predicted octanol–water partition coefficient (Wildman–Crippen LogP) is 3.92. The van der Waals surface area contributed by atoms with Gasteiger partial charge in [0.15, 0.2) is 5.82 Å². The van der Waals surface area contributed by atoms with Crippen LogP contribution < -0.4 is 11.1 Å². The highest BCUT2D eigenvalue weighted by Crippen LogP contribution is 2.28. The van der Waals surface area contributed by atoms with E-state index in [0.29, 0.717) is 11.9 Å². The van der Waals surface area contributed by atoms with Gasteiger partial charge >= 0.3 is 0 Å². The normalized spacial score (nSPS) is 15.2. The molecule has 0 radical (unpaired) electrons. The molecule has 3 N–H and O–H groups in total. The molecule has 1 aliphatic rings. The number of aromatic nitrogens is 4. The lowest BCUT2D eigenvalue weighted by atomic mass is 10.1. The summed E-state index contributed by atoms with van der Waals surface area (Å²) in [5.41, 5.74) is 8.58. The van der Waals surface area contributed by atoms with Crippen molar-refractivity contribution < 1.29 is 0 Å². The first-order valence-corrected chi connectivity index (χ1v) is 10.7. The number of fused-ring (bicyclic) bond motifs is 1. The Morgan fingerprint density at radius 3 is 2.39 bits per heavy atom. The SMILES string of the molecule is Nc1ncc(-c2nc(NCC(c3ccccc3)N3CCCC3)c3ccccc3n2)cn1. The molecule has 156 valence electrons. The molecule has 1 fully saturated rings. The van der Waals surface area contributed by atoms with Gasteiger partial charge in [-0.25, -0.2) is 19.9 Å². The summed E-state index contributed by atoms with van der Waals surface area (Å²) in [4.78, 5) is 20.3. The van der Waals surface area contributed by atoms with Crippen LogP contribution in [0.5, 0.6) is 0 Å². The van der Waals surface area contributed by atoms with Crippen molar-refractivity contribution in [3.63, 3.8) is 0 Å². The number of benzene rings is 2. The van der Waals surface area contributed by atoms with Crippen molar-refractivity contribution in [2.45, 2.75) is 18.9 Å². The van der Waals surface area contributed by atoms with E-state index in [4.69, 9.17) is 15.7 Å². The highest BCUT2D eigenvalue weighted by Gasteiger charge is 2.23. The molecule has 0 saturated carbocycles. The van der Waals surface area contributed by atoms with Gasteiger partial charge in [0, 0.05) is 24.3 Å². The molecule has 0 amide bonds. The Bertz CT molecular complexity index is 1160. The number of hydrogen-bond acceptors (Lipinski definition) is 7. The summed E-state index contributed by atoms with van der Waals surface area (Å²) in [6.07, 6.45) is 5.82. The zero-order valence-corrected chi connectivity index (χ0v) is 17.3. The average Bonchev–Trinajstić information content (AvgIpc) is 3.35. The molecule has 1 unspecified atom stereocenters. The van der Waals surface area contributed by atoms with Gasteiger partial charge in [-0.15, -0.1) is 0 Å². The molecule has 2 aromatic carbocycles. The lowest BCUT2D eigenvalue weighted by Gasteiger charge is -2.28. The second kappa shape index (κ2) is 8.65. The second-order valence-corrected chi connectivity index (χ2v) is 7.79. The molecule has 31 heavy (non-hydrogen) atoms. The van der Waals surface area contributed by atoms with Crippen LogP contribution in [0.2, 0.25) is 0 Å². The van der Waals surface area contributed by atoms with Crippen molar-refractivity contribution in [2.75, 3.05) is 30.7 Å². The molecule has 0 spiro atoms. The molecule has 5 rings (SSSR count). The lowest BCUT2D eigenvalue weighted by Crippen LogP contribution is -2.31. The van der Waals surface area contributed by atoms with E-state index in [9.17, 15) is 0 Å². The Balaban J connectivity index is 1.49. The van der Waals surface area contributed by atoms with E-state index in [-0.39, 0.29) is 5.95 Å². The van der Waals surface area contributed by atoms with E-state index in [2.05, 4.69) is 50.5 Å². The minimum atomic E-state index is 0.235. The van der Waals surface area contributed by atoms with Crippen LogP contribution in [-0.2, 0) is 0 Å². The molecule has 1 saturated heterocycles. The molecule has 7 heteroatoms. The summed E-state index contributed by atoms with van der Waals surface area (Å²) in [5, 5.41) is 4.62. The van der Waals surface area contributed by atoms with Crippen molar-refractivity contribution in [3.8, 4) is 11.4 Å². The number of para-hydroxylation sites is 1. The molecule has 0 aliphatic carbocycles. The molecular weight excluding hydrogens is 386 g/mol. The van der Waals surface area contributed by atoms with E-state index in [1.54, 1.807) is 12.4 Å². The summed E-state index contributed by atoms with van der Waals surface area (Å²) in [6, 6.07) is 19.0. The Labute approximate surface area is 181 Å². The number of nitrogens with zero attached hydrogens (tertiary/aromatic N) is 5. The van der Waals surface area contributed by atoms with Crippen molar-refractivity contribution in [1.82, 2.24) is 24.8 Å². The first-order chi connectivity index (χ1) is 15.3. The van der Waals surface area contributed by atoms with Crippen LogP contribution in [0.1, 0.15) is 24.4 Å².